The molecular weight excluding hydrogens is 421 g/mol. The summed E-state index contributed by atoms with van der Waals surface area (Å²) >= 11 is 0. The Morgan fingerprint density at radius 1 is 0.833 bits per heavy atom. The monoisotopic (exact) mass is 459 g/mol. The number of hydrogen-bond acceptors (Lipinski definition) is 5. The van der Waals surface area contributed by atoms with E-state index in [1.807, 2.05) is 7.05 Å². The molecule has 24 heavy (non-hydrogen) atoms. The summed E-state index contributed by atoms with van der Waals surface area (Å²) < 4.78 is 10.1. The lowest BCUT2D eigenvalue weighted by Crippen LogP contribution is -2.42. The molecule has 146 valence electrons. The number of halogens is 1. The van der Waals surface area contributed by atoms with Crippen LogP contribution in [0.5, 0.6) is 0 Å². The Morgan fingerprint density at radius 3 is 2.04 bits per heavy atom. The fourth-order valence-electron chi connectivity index (χ4n) is 2.09. The zero-order valence-electron chi connectivity index (χ0n) is 16.1. The molecule has 0 spiro atoms. The topological polar surface area (TPSA) is 61.4 Å². The Labute approximate surface area is 165 Å². The first-order valence-corrected chi connectivity index (χ1v) is 8.43. The molecule has 0 aliphatic heterocycles. The van der Waals surface area contributed by atoms with Crippen molar-refractivity contribution in [1.29, 1.82) is 0 Å². The minimum atomic E-state index is 0. The van der Waals surface area contributed by atoms with Gasteiger partial charge < -0.3 is 29.9 Å². The van der Waals surface area contributed by atoms with Crippen LogP contribution in [-0.2, 0) is 9.47 Å². The van der Waals surface area contributed by atoms with Crippen molar-refractivity contribution in [1.82, 2.24) is 20.4 Å². The summed E-state index contributed by atoms with van der Waals surface area (Å²) in [5.41, 5.74) is 0. The first kappa shape index (κ1) is 26.1. The van der Waals surface area contributed by atoms with Crippen LogP contribution in [0.3, 0.4) is 0 Å². The van der Waals surface area contributed by atoms with Crippen LogP contribution in [0.4, 0.5) is 0 Å². The average Bonchev–Trinajstić information content (AvgIpc) is 2.55. The Hall–Kier alpha value is -0.160. The van der Waals surface area contributed by atoms with E-state index in [1.54, 1.807) is 14.2 Å². The molecule has 0 fully saturated rings. The second kappa shape index (κ2) is 19.2. The Kier molecular flexibility index (Phi) is 20.8. The highest BCUT2D eigenvalue weighted by atomic mass is 127. The lowest BCUT2D eigenvalue weighted by atomic mass is 10.4. The summed E-state index contributed by atoms with van der Waals surface area (Å²) in [6.45, 7) is 7.47. The zero-order chi connectivity index (χ0) is 17.3. The maximum atomic E-state index is 5.07. The third-order valence-corrected chi connectivity index (χ3v) is 3.58. The van der Waals surface area contributed by atoms with E-state index in [1.165, 1.54) is 0 Å². The van der Waals surface area contributed by atoms with Crippen LogP contribution in [-0.4, -0.2) is 104 Å². The molecule has 0 aromatic heterocycles. The van der Waals surface area contributed by atoms with E-state index in [2.05, 4.69) is 39.5 Å². The molecule has 0 atom stereocenters. The third kappa shape index (κ3) is 16.7. The van der Waals surface area contributed by atoms with Crippen molar-refractivity contribution in [3.8, 4) is 0 Å². The van der Waals surface area contributed by atoms with Gasteiger partial charge in [-0.25, -0.2) is 0 Å². The standard InChI is InChI=1S/C16H37N5O2.HI/c1-17-16(18-8-6-10-21(3)13-15-23-5)19-9-12-20(2)11-7-14-22-4;/h6-15H2,1-5H3,(H2,17,18,19);1H. The van der Waals surface area contributed by atoms with Gasteiger partial charge in [0, 0.05) is 60.6 Å². The van der Waals surface area contributed by atoms with Crippen LogP contribution in [0.15, 0.2) is 4.99 Å². The van der Waals surface area contributed by atoms with Gasteiger partial charge in [-0.3, -0.25) is 4.99 Å². The fraction of sp³-hybridized carbons (Fsp3) is 0.938. The van der Waals surface area contributed by atoms with E-state index in [9.17, 15) is 0 Å². The number of nitrogens with one attached hydrogen (secondary N) is 2. The normalized spacial score (nSPS) is 11.7. The van der Waals surface area contributed by atoms with Crippen molar-refractivity contribution in [3.05, 3.63) is 0 Å². The predicted octanol–water partition coefficient (Wildman–Crippen LogP) is 0.706. The molecule has 0 amide bonds. The quantitative estimate of drug-likeness (QED) is 0.173. The lowest BCUT2D eigenvalue weighted by molar-refractivity contribution is 0.161. The molecule has 0 heterocycles. The van der Waals surface area contributed by atoms with Crippen molar-refractivity contribution in [3.63, 3.8) is 0 Å². The summed E-state index contributed by atoms with van der Waals surface area (Å²) in [5.74, 6) is 0.870. The van der Waals surface area contributed by atoms with E-state index in [4.69, 9.17) is 9.47 Å². The molecule has 0 saturated carbocycles. The lowest BCUT2D eigenvalue weighted by Gasteiger charge is -2.19. The molecule has 0 rings (SSSR count). The number of likely N-dealkylation sites (N-methyl/N-ethyl adjacent to an activating group) is 2. The minimum absolute atomic E-state index is 0. The maximum Gasteiger partial charge on any atom is 0.191 e. The van der Waals surface area contributed by atoms with Gasteiger partial charge in [0.15, 0.2) is 5.96 Å². The first-order valence-electron chi connectivity index (χ1n) is 8.43. The SMILES string of the molecule is CN=C(NCCCN(C)CCOC)NCCN(C)CCCOC.I. The Morgan fingerprint density at radius 2 is 1.42 bits per heavy atom. The van der Waals surface area contributed by atoms with Gasteiger partial charge in [0.2, 0.25) is 0 Å². The molecule has 0 radical (unpaired) electrons. The van der Waals surface area contributed by atoms with Gasteiger partial charge in [0.05, 0.1) is 6.61 Å². The second-order valence-electron chi connectivity index (χ2n) is 5.73. The van der Waals surface area contributed by atoms with Crippen molar-refractivity contribution in [2.45, 2.75) is 12.8 Å². The van der Waals surface area contributed by atoms with Crippen molar-refractivity contribution in [2.24, 2.45) is 4.99 Å². The smallest absolute Gasteiger partial charge is 0.191 e. The highest BCUT2D eigenvalue weighted by Gasteiger charge is 2.01. The summed E-state index contributed by atoms with van der Waals surface area (Å²) in [5, 5.41) is 6.69. The Balaban J connectivity index is 0. The number of guanidine groups is 1. The molecule has 8 heteroatoms. The summed E-state index contributed by atoms with van der Waals surface area (Å²) in [6.07, 6.45) is 2.15. The van der Waals surface area contributed by atoms with Gasteiger partial charge >= 0.3 is 0 Å². The minimum Gasteiger partial charge on any atom is -0.385 e. The first-order chi connectivity index (χ1) is 11.1. The fourth-order valence-corrected chi connectivity index (χ4v) is 2.09. The number of nitrogens with zero attached hydrogens (tertiary/aromatic N) is 3. The van der Waals surface area contributed by atoms with Crippen LogP contribution in [0, 0.1) is 0 Å². The van der Waals surface area contributed by atoms with E-state index < -0.39 is 0 Å². The maximum absolute atomic E-state index is 5.07. The van der Waals surface area contributed by atoms with Gasteiger partial charge in [-0.05, 0) is 33.5 Å². The van der Waals surface area contributed by atoms with Gasteiger partial charge in [-0.2, -0.15) is 0 Å². The number of rotatable bonds is 14. The van der Waals surface area contributed by atoms with E-state index in [0.29, 0.717) is 0 Å². The van der Waals surface area contributed by atoms with Crippen LogP contribution < -0.4 is 10.6 Å². The molecule has 0 aromatic rings. The van der Waals surface area contributed by atoms with Gasteiger partial charge in [-0.15, -0.1) is 24.0 Å². The average molecular weight is 459 g/mol. The molecule has 0 aliphatic rings. The van der Waals surface area contributed by atoms with E-state index in [-0.39, 0.29) is 24.0 Å². The van der Waals surface area contributed by atoms with E-state index >= 15 is 0 Å². The van der Waals surface area contributed by atoms with Crippen LogP contribution >= 0.6 is 24.0 Å². The Bertz CT molecular complexity index is 296. The second-order valence-corrected chi connectivity index (χ2v) is 5.73. The zero-order valence-corrected chi connectivity index (χ0v) is 18.5. The van der Waals surface area contributed by atoms with Crippen LogP contribution in [0.2, 0.25) is 0 Å². The van der Waals surface area contributed by atoms with Crippen molar-refractivity contribution >= 4 is 29.9 Å². The third-order valence-electron chi connectivity index (χ3n) is 3.58. The summed E-state index contributed by atoms with van der Waals surface area (Å²) in [4.78, 5) is 8.82. The molecule has 0 aliphatic carbocycles. The van der Waals surface area contributed by atoms with Crippen molar-refractivity contribution < 1.29 is 9.47 Å². The summed E-state index contributed by atoms with van der Waals surface area (Å²) in [7, 11) is 9.53. The largest absolute Gasteiger partial charge is 0.385 e. The van der Waals surface area contributed by atoms with Gasteiger partial charge in [-0.1, -0.05) is 0 Å². The predicted molar refractivity (Wildman–Crippen MR) is 113 cm³/mol. The number of aliphatic imine (C=N–C) groups is 1. The number of methoxy groups -OCH3 is 2. The number of ether oxygens (including phenoxy) is 2. The molecule has 0 aromatic carbocycles. The molecule has 0 saturated heterocycles. The molecule has 7 nitrogen and oxygen atoms in total. The highest BCUT2D eigenvalue weighted by molar-refractivity contribution is 14.0. The molecule has 0 unspecified atom stereocenters. The van der Waals surface area contributed by atoms with Crippen LogP contribution in [0.25, 0.3) is 0 Å². The molecule has 0 bridgehead atoms. The number of hydrogen-bond donors (Lipinski definition) is 2. The van der Waals surface area contributed by atoms with Crippen LogP contribution in [0.1, 0.15) is 12.8 Å². The summed E-state index contributed by atoms with van der Waals surface area (Å²) in [6, 6.07) is 0. The molecule has 2 N–H and O–H groups in total. The van der Waals surface area contributed by atoms with Crippen molar-refractivity contribution in [2.75, 3.05) is 87.8 Å². The van der Waals surface area contributed by atoms with Gasteiger partial charge in [0.1, 0.15) is 0 Å². The highest BCUT2D eigenvalue weighted by Crippen LogP contribution is 1.88. The van der Waals surface area contributed by atoms with E-state index in [0.717, 1.165) is 71.3 Å². The molecular formula is C16H38IN5O2. The van der Waals surface area contributed by atoms with Gasteiger partial charge in [0.25, 0.3) is 0 Å².